The highest BCUT2D eigenvalue weighted by atomic mass is 16.5. The molecule has 4 heteroatoms. The molecule has 1 aromatic rings. The highest BCUT2D eigenvalue weighted by Crippen LogP contribution is 2.19. The van der Waals surface area contributed by atoms with E-state index in [0.717, 1.165) is 44.8 Å². The van der Waals surface area contributed by atoms with E-state index in [1.165, 1.54) is 44.5 Å². The number of likely N-dealkylation sites (tertiary alicyclic amines) is 2. The van der Waals surface area contributed by atoms with Crippen LogP contribution in [0.5, 0.6) is 5.75 Å². The van der Waals surface area contributed by atoms with Crippen molar-refractivity contribution in [1.82, 2.24) is 9.80 Å². The van der Waals surface area contributed by atoms with E-state index in [1.54, 1.807) is 0 Å². The number of hydrogen-bond acceptors (Lipinski definition) is 4. The molecule has 4 nitrogen and oxygen atoms in total. The Bertz CT molecular complexity index is 488. The SMILES string of the molecule is CO[C@@H]1CCN(Cc2cccc(OCCCN3CCCCC3)c2)C1. The van der Waals surface area contributed by atoms with E-state index in [0.29, 0.717) is 6.10 Å². The fourth-order valence-corrected chi connectivity index (χ4v) is 3.79. The van der Waals surface area contributed by atoms with Gasteiger partial charge in [-0.15, -0.1) is 0 Å². The second-order valence-electron chi connectivity index (χ2n) is 7.13. The lowest BCUT2D eigenvalue weighted by Crippen LogP contribution is -2.31. The minimum atomic E-state index is 0.402. The monoisotopic (exact) mass is 332 g/mol. The van der Waals surface area contributed by atoms with Gasteiger partial charge in [0.25, 0.3) is 0 Å². The molecule has 1 aromatic carbocycles. The molecule has 24 heavy (non-hydrogen) atoms. The average molecular weight is 332 g/mol. The van der Waals surface area contributed by atoms with Crippen LogP contribution in [0.25, 0.3) is 0 Å². The maximum absolute atomic E-state index is 5.97. The number of piperidine rings is 1. The molecule has 134 valence electrons. The predicted molar refractivity (Wildman–Crippen MR) is 97.5 cm³/mol. The van der Waals surface area contributed by atoms with Gasteiger partial charge in [-0.1, -0.05) is 18.6 Å². The van der Waals surface area contributed by atoms with E-state index in [9.17, 15) is 0 Å². The molecule has 0 spiro atoms. The summed E-state index contributed by atoms with van der Waals surface area (Å²) in [4.78, 5) is 5.03. The molecule has 0 amide bonds. The first-order valence-electron chi connectivity index (χ1n) is 9.53. The predicted octanol–water partition coefficient (Wildman–Crippen LogP) is 3.16. The molecule has 0 aliphatic carbocycles. The number of methoxy groups -OCH3 is 1. The van der Waals surface area contributed by atoms with Crippen molar-refractivity contribution in [1.29, 1.82) is 0 Å². The van der Waals surface area contributed by atoms with Crippen LogP contribution in [-0.4, -0.2) is 62.3 Å². The summed E-state index contributed by atoms with van der Waals surface area (Å²) in [7, 11) is 1.81. The molecule has 1 atom stereocenters. The van der Waals surface area contributed by atoms with Crippen molar-refractivity contribution in [3.8, 4) is 5.75 Å². The Morgan fingerprint density at radius 2 is 1.96 bits per heavy atom. The van der Waals surface area contributed by atoms with Crippen LogP contribution < -0.4 is 4.74 Å². The number of hydrogen-bond donors (Lipinski definition) is 0. The zero-order valence-corrected chi connectivity index (χ0v) is 15.1. The third-order valence-corrected chi connectivity index (χ3v) is 5.20. The Morgan fingerprint density at radius 1 is 1.08 bits per heavy atom. The fourth-order valence-electron chi connectivity index (χ4n) is 3.79. The number of nitrogens with zero attached hydrogens (tertiary/aromatic N) is 2. The first-order chi connectivity index (χ1) is 11.8. The second kappa shape index (κ2) is 9.40. The van der Waals surface area contributed by atoms with Gasteiger partial charge in [0.1, 0.15) is 5.75 Å². The van der Waals surface area contributed by atoms with Crippen LogP contribution in [0.1, 0.15) is 37.7 Å². The van der Waals surface area contributed by atoms with Gasteiger partial charge in [-0.25, -0.2) is 0 Å². The van der Waals surface area contributed by atoms with Gasteiger partial charge in [-0.2, -0.15) is 0 Å². The Labute approximate surface area is 146 Å². The van der Waals surface area contributed by atoms with Crippen molar-refractivity contribution in [2.24, 2.45) is 0 Å². The maximum atomic E-state index is 5.97. The Balaban J connectivity index is 1.38. The number of ether oxygens (including phenoxy) is 2. The van der Waals surface area contributed by atoms with Crippen molar-refractivity contribution in [2.45, 2.75) is 44.8 Å². The standard InChI is InChI=1S/C20H32N2O2/c1-23-20-9-13-22(17-20)16-18-7-5-8-19(15-18)24-14-6-12-21-10-3-2-4-11-21/h5,7-8,15,20H,2-4,6,9-14,16-17H2,1H3/t20-/m1/s1. The molecular weight excluding hydrogens is 300 g/mol. The topological polar surface area (TPSA) is 24.9 Å². The molecule has 0 aromatic heterocycles. The van der Waals surface area contributed by atoms with Gasteiger partial charge in [-0.3, -0.25) is 4.90 Å². The summed E-state index contributed by atoms with van der Waals surface area (Å²) in [5.41, 5.74) is 1.33. The van der Waals surface area contributed by atoms with E-state index in [1.807, 2.05) is 7.11 Å². The molecule has 0 unspecified atom stereocenters. The van der Waals surface area contributed by atoms with Crippen LogP contribution in [0, 0.1) is 0 Å². The normalized spacial score (nSPS) is 22.8. The van der Waals surface area contributed by atoms with E-state index in [-0.39, 0.29) is 0 Å². The minimum absolute atomic E-state index is 0.402. The molecule has 2 aliphatic heterocycles. The van der Waals surface area contributed by atoms with Crippen molar-refractivity contribution in [2.75, 3.05) is 46.4 Å². The smallest absolute Gasteiger partial charge is 0.119 e. The van der Waals surface area contributed by atoms with Crippen LogP contribution >= 0.6 is 0 Å². The minimum Gasteiger partial charge on any atom is -0.494 e. The molecule has 2 heterocycles. The lowest BCUT2D eigenvalue weighted by atomic mass is 10.1. The summed E-state index contributed by atoms with van der Waals surface area (Å²) in [6, 6.07) is 8.58. The average Bonchev–Trinajstić information content (AvgIpc) is 3.08. The summed E-state index contributed by atoms with van der Waals surface area (Å²) in [5, 5.41) is 0. The summed E-state index contributed by atoms with van der Waals surface area (Å²) < 4.78 is 11.4. The first-order valence-corrected chi connectivity index (χ1v) is 9.53. The molecular formula is C20H32N2O2. The molecule has 2 saturated heterocycles. The van der Waals surface area contributed by atoms with E-state index in [2.05, 4.69) is 34.1 Å². The summed E-state index contributed by atoms with van der Waals surface area (Å²) >= 11 is 0. The summed E-state index contributed by atoms with van der Waals surface area (Å²) in [5.74, 6) is 1.01. The maximum Gasteiger partial charge on any atom is 0.119 e. The molecule has 0 radical (unpaired) electrons. The van der Waals surface area contributed by atoms with Gasteiger partial charge in [0.05, 0.1) is 12.7 Å². The summed E-state index contributed by atoms with van der Waals surface area (Å²) in [6.45, 7) is 7.69. The molecule has 0 saturated carbocycles. The molecule has 0 bridgehead atoms. The molecule has 2 aliphatic rings. The van der Waals surface area contributed by atoms with Crippen LogP contribution in [-0.2, 0) is 11.3 Å². The van der Waals surface area contributed by atoms with Crippen molar-refractivity contribution < 1.29 is 9.47 Å². The zero-order chi connectivity index (χ0) is 16.6. The fraction of sp³-hybridized carbons (Fsp3) is 0.700. The molecule has 0 N–H and O–H groups in total. The third-order valence-electron chi connectivity index (χ3n) is 5.20. The Hall–Kier alpha value is -1.10. The highest BCUT2D eigenvalue weighted by molar-refractivity contribution is 5.28. The number of rotatable bonds is 8. The van der Waals surface area contributed by atoms with Crippen LogP contribution in [0.3, 0.4) is 0 Å². The van der Waals surface area contributed by atoms with Crippen LogP contribution in [0.2, 0.25) is 0 Å². The summed E-state index contributed by atoms with van der Waals surface area (Å²) in [6.07, 6.45) is 6.79. The molecule has 2 fully saturated rings. The van der Waals surface area contributed by atoms with E-state index < -0.39 is 0 Å². The largest absolute Gasteiger partial charge is 0.494 e. The zero-order valence-electron chi connectivity index (χ0n) is 15.1. The first kappa shape index (κ1) is 17.7. The van der Waals surface area contributed by atoms with Crippen molar-refractivity contribution in [3.05, 3.63) is 29.8 Å². The van der Waals surface area contributed by atoms with Gasteiger partial charge in [0, 0.05) is 33.3 Å². The van der Waals surface area contributed by atoms with Crippen LogP contribution in [0.4, 0.5) is 0 Å². The third kappa shape index (κ3) is 5.47. The van der Waals surface area contributed by atoms with Gasteiger partial charge >= 0.3 is 0 Å². The van der Waals surface area contributed by atoms with Crippen LogP contribution in [0.15, 0.2) is 24.3 Å². The van der Waals surface area contributed by atoms with Gasteiger partial charge < -0.3 is 14.4 Å². The lowest BCUT2D eigenvalue weighted by molar-refractivity contribution is 0.107. The van der Waals surface area contributed by atoms with Gasteiger partial charge in [0.15, 0.2) is 0 Å². The quantitative estimate of drug-likeness (QED) is 0.683. The highest BCUT2D eigenvalue weighted by Gasteiger charge is 2.21. The Kier molecular flexibility index (Phi) is 6.94. The second-order valence-corrected chi connectivity index (χ2v) is 7.13. The van der Waals surface area contributed by atoms with Crippen molar-refractivity contribution in [3.63, 3.8) is 0 Å². The lowest BCUT2D eigenvalue weighted by Gasteiger charge is -2.26. The van der Waals surface area contributed by atoms with Gasteiger partial charge in [0.2, 0.25) is 0 Å². The van der Waals surface area contributed by atoms with Gasteiger partial charge in [-0.05, 0) is 56.5 Å². The van der Waals surface area contributed by atoms with E-state index in [4.69, 9.17) is 9.47 Å². The Morgan fingerprint density at radius 3 is 2.75 bits per heavy atom. The van der Waals surface area contributed by atoms with Crippen molar-refractivity contribution >= 4 is 0 Å². The molecule has 3 rings (SSSR count). The van der Waals surface area contributed by atoms with E-state index >= 15 is 0 Å². The number of benzene rings is 1.